The molecule has 0 bridgehead atoms. The molecule has 0 spiro atoms. The lowest BCUT2D eigenvalue weighted by Crippen LogP contribution is -2.36. The summed E-state index contributed by atoms with van der Waals surface area (Å²) in [6, 6.07) is 5.40. The Bertz CT molecular complexity index is 522. The van der Waals surface area contributed by atoms with Crippen molar-refractivity contribution in [2.75, 3.05) is 13.1 Å². The van der Waals surface area contributed by atoms with Crippen molar-refractivity contribution in [3.63, 3.8) is 0 Å². The molecule has 100 valence electrons. The van der Waals surface area contributed by atoms with Crippen LogP contribution in [0.25, 0.3) is 0 Å². The van der Waals surface area contributed by atoms with E-state index in [1.54, 1.807) is 10.4 Å². The van der Waals surface area contributed by atoms with Crippen LogP contribution in [0, 0.1) is 6.92 Å². The van der Waals surface area contributed by atoms with Gasteiger partial charge in [0.1, 0.15) is 0 Å². The maximum absolute atomic E-state index is 12.6. The molecular formula is C13H18ClNO2S. The Labute approximate surface area is 114 Å². The van der Waals surface area contributed by atoms with E-state index in [-0.39, 0.29) is 0 Å². The highest BCUT2D eigenvalue weighted by molar-refractivity contribution is 7.89. The summed E-state index contributed by atoms with van der Waals surface area (Å²) in [5.41, 5.74) is 1.63. The Morgan fingerprint density at radius 3 is 2.50 bits per heavy atom. The third-order valence-electron chi connectivity index (χ3n) is 3.34. The van der Waals surface area contributed by atoms with Gasteiger partial charge < -0.3 is 0 Å². The first kappa shape index (κ1) is 13.8. The monoisotopic (exact) mass is 287 g/mol. The van der Waals surface area contributed by atoms with Gasteiger partial charge in [-0.1, -0.05) is 18.6 Å². The van der Waals surface area contributed by atoms with Crippen LogP contribution in [0.1, 0.15) is 30.4 Å². The molecule has 1 aliphatic rings. The van der Waals surface area contributed by atoms with Gasteiger partial charge in [0.2, 0.25) is 10.0 Å². The summed E-state index contributed by atoms with van der Waals surface area (Å²) in [6.07, 6.45) is 3.02. The number of aryl methyl sites for hydroxylation is 1. The summed E-state index contributed by atoms with van der Waals surface area (Å²) in [7, 11) is -3.35. The van der Waals surface area contributed by atoms with Crippen LogP contribution in [0.4, 0.5) is 0 Å². The van der Waals surface area contributed by atoms with Crippen LogP contribution in [-0.2, 0) is 15.9 Å². The van der Waals surface area contributed by atoms with Gasteiger partial charge in [-0.3, -0.25) is 0 Å². The summed E-state index contributed by atoms with van der Waals surface area (Å²) in [5.74, 6) is 0.336. The van der Waals surface area contributed by atoms with Crippen LogP contribution >= 0.6 is 11.6 Å². The van der Waals surface area contributed by atoms with Crippen molar-refractivity contribution < 1.29 is 8.42 Å². The van der Waals surface area contributed by atoms with Crippen LogP contribution in [0.5, 0.6) is 0 Å². The smallest absolute Gasteiger partial charge is 0.207 e. The first-order valence-corrected chi connectivity index (χ1v) is 8.19. The second kappa shape index (κ2) is 5.59. The maximum Gasteiger partial charge on any atom is 0.243 e. The van der Waals surface area contributed by atoms with E-state index >= 15 is 0 Å². The predicted molar refractivity (Wildman–Crippen MR) is 73.3 cm³/mol. The van der Waals surface area contributed by atoms with Crippen LogP contribution in [0.3, 0.4) is 0 Å². The lowest BCUT2D eigenvalue weighted by molar-refractivity contribution is 0.346. The number of piperidine rings is 1. The molecule has 0 N–H and O–H groups in total. The zero-order valence-electron chi connectivity index (χ0n) is 10.5. The van der Waals surface area contributed by atoms with E-state index in [4.69, 9.17) is 11.6 Å². The van der Waals surface area contributed by atoms with Gasteiger partial charge in [0.25, 0.3) is 0 Å². The number of rotatable bonds is 3. The van der Waals surface area contributed by atoms with Gasteiger partial charge in [-0.2, -0.15) is 4.31 Å². The molecule has 0 amide bonds. The summed E-state index contributed by atoms with van der Waals surface area (Å²) in [6.45, 7) is 3.09. The van der Waals surface area contributed by atoms with E-state index in [0.29, 0.717) is 23.9 Å². The van der Waals surface area contributed by atoms with Gasteiger partial charge in [0.05, 0.1) is 4.90 Å². The molecule has 2 rings (SSSR count). The number of halogens is 1. The molecule has 1 heterocycles. The van der Waals surface area contributed by atoms with Crippen molar-refractivity contribution in [2.45, 2.75) is 37.0 Å². The number of hydrogen-bond acceptors (Lipinski definition) is 2. The first-order valence-electron chi connectivity index (χ1n) is 6.21. The molecule has 1 saturated heterocycles. The van der Waals surface area contributed by atoms with E-state index in [1.165, 1.54) is 0 Å². The van der Waals surface area contributed by atoms with Crippen molar-refractivity contribution in [2.24, 2.45) is 0 Å². The lowest BCUT2D eigenvalue weighted by Gasteiger charge is -2.26. The zero-order chi connectivity index (χ0) is 13.2. The highest BCUT2D eigenvalue weighted by Gasteiger charge is 2.27. The van der Waals surface area contributed by atoms with Crippen LogP contribution in [-0.4, -0.2) is 25.8 Å². The summed E-state index contributed by atoms with van der Waals surface area (Å²) in [4.78, 5) is 0.405. The summed E-state index contributed by atoms with van der Waals surface area (Å²) >= 11 is 5.78. The molecule has 18 heavy (non-hydrogen) atoms. The van der Waals surface area contributed by atoms with Gasteiger partial charge in [0.15, 0.2) is 0 Å². The lowest BCUT2D eigenvalue weighted by atomic mass is 10.2. The number of nitrogens with zero attached hydrogens (tertiary/aromatic N) is 1. The van der Waals surface area contributed by atoms with Crippen molar-refractivity contribution >= 4 is 21.6 Å². The molecular weight excluding hydrogens is 270 g/mol. The van der Waals surface area contributed by atoms with Crippen LogP contribution < -0.4 is 0 Å². The molecule has 0 aromatic heterocycles. The van der Waals surface area contributed by atoms with Crippen molar-refractivity contribution in [3.05, 3.63) is 29.3 Å². The fourth-order valence-electron chi connectivity index (χ4n) is 2.25. The Hall–Kier alpha value is -0.580. The molecule has 1 fully saturated rings. The van der Waals surface area contributed by atoms with Crippen LogP contribution in [0.15, 0.2) is 23.1 Å². The third kappa shape index (κ3) is 2.71. The van der Waals surface area contributed by atoms with Gasteiger partial charge in [-0.05, 0) is 37.0 Å². The van der Waals surface area contributed by atoms with Gasteiger partial charge in [0, 0.05) is 19.0 Å². The quantitative estimate of drug-likeness (QED) is 0.802. The highest BCUT2D eigenvalue weighted by atomic mass is 35.5. The van der Waals surface area contributed by atoms with E-state index < -0.39 is 10.0 Å². The van der Waals surface area contributed by atoms with Crippen LogP contribution in [0.2, 0.25) is 0 Å². The average Bonchev–Trinajstić information content (AvgIpc) is 2.40. The zero-order valence-corrected chi connectivity index (χ0v) is 12.1. The number of sulfonamides is 1. The number of alkyl halides is 1. The van der Waals surface area contributed by atoms with Crippen molar-refractivity contribution in [3.8, 4) is 0 Å². The molecule has 0 unspecified atom stereocenters. The minimum absolute atomic E-state index is 0.336. The number of benzene rings is 1. The average molecular weight is 288 g/mol. The van der Waals surface area contributed by atoms with Gasteiger partial charge in [-0.25, -0.2) is 8.42 Å². The highest BCUT2D eigenvalue weighted by Crippen LogP contribution is 2.24. The molecule has 0 atom stereocenters. The molecule has 0 saturated carbocycles. The van der Waals surface area contributed by atoms with E-state index in [1.807, 2.05) is 19.1 Å². The second-order valence-electron chi connectivity index (χ2n) is 4.70. The Kier molecular flexibility index (Phi) is 4.30. The van der Waals surface area contributed by atoms with Gasteiger partial charge >= 0.3 is 0 Å². The normalized spacial score (nSPS) is 17.9. The van der Waals surface area contributed by atoms with Gasteiger partial charge in [-0.15, -0.1) is 11.6 Å². The maximum atomic E-state index is 12.6. The van der Waals surface area contributed by atoms with Crippen molar-refractivity contribution in [1.29, 1.82) is 0 Å². The Balaban J connectivity index is 2.39. The molecule has 0 radical (unpaired) electrons. The summed E-state index contributed by atoms with van der Waals surface area (Å²) in [5, 5.41) is 0. The number of hydrogen-bond donors (Lipinski definition) is 0. The molecule has 1 aromatic carbocycles. The van der Waals surface area contributed by atoms with Crippen molar-refractivity contribution in [1.82, 2.24) is 4.31 Å². The first-order chi connectivity index (χ1) is 8.55. The Morgan fingerprint density at radius 2 is 1.89 bits per heavy atom. The van der Waals surface area contributed by atoms with E-state index in [2.05, 4.69) is 0 Å². The standard InChI is InChI=1S/C13H18ClNO2S/c1-11-5-6-12(10-14)9-13(11)18(16,17)15-7-3-2-4-8-15/h5-6,9H,2-4,7-8,10H2,1H3. The van der Waals surface area contributed by atoms with E-state index in [0.717, 1.165) is 30.4 Å². The summed E-state index contributed by atoms with van der Waals surface area (Å²) < 4.78 is 26.7. The SMILES string of the molecule is Cc1ccc(CCl)cc1S(=O)(=O)N1CCCCC1. The fourth-order valence-corrected chi connectivity index (χ4v) is 4.21. The second-order valence-corrected chi connectivity index (χ2v) is 6.87. The minimum Gasteiger partial charge on any atom is -0.207 e. The predicted octanol–water partition coefficient (Wildman–Crippen LogP) is 2.91. The topological polar surface area (TPSA) is 37.4 Å². The molecule has 0 aliphatic carbocycles. The molecule has 3 nitrogen and oxygen atoms in total. The molecule has 1 aliphatic heterocycles. The van der Waals surface area contributed by atoms with E-state index in [9.17, 15) is 8.42 Å². The minimum atomic E-state index is -3.35. The molecule has 1 aromatic rings. The fraction of sp³-hybridized carbons (Fsp3) is 0.538. The largest absolute Gasteiger partial charge is 0.243 e. The third-order valence-corrected chi connectivity index (χ3v) is 5.69. The molecule has 5 heteroatoms. The Morgan fingerprint density at radius 1 is 1.22 bits per heavy atom.